The topological polar surface area (TPSA) is 87.1 Å². The Hall–Kier alpha value is -1.14. The number of aliphatic hydroxyl groups excluding tert-OH is 1. The molecule has 0 rings (SSSR count). The van der Waals surface area contributed by atoms with Gasteiger partial charge in [0.05, 0.1) is 6.61 Å². The van der Waals surface area contributed by atoms with E-state index in [1.54, 1.807) is 0 Å². The fourth-order valence-corrected chi connectivity index (χ4v) is 7.49. The van der Waals surface area contributed by atoms with Crippen molar-refractivity contribution >= 4 is 12.4 Å². The number of hydrogen-bond acceptors (Lipinski definition) is 5. The van der Waals surface area contributed by atoms with Crippen LogP contribution in [0.15, 0.2) is 0 Å². The van der Waals surface area contributed by atoms with Crippen LogP contribution in [0.4, 0.5) is 0 Å². The summed E-state index contributed by atoms with van der Waals surface area (Å²) in [4.78, 5) is 23.5. The van der Waals surface area contributed by atoms with E-state index in [0.717, 1.165) is 51.2 Å². The van der Waals surface area contributed by atoms with Crippen molar-refractivity contribution in [2.75, 3.05) is 26.2 Å². The van der Waals surface area contributed by atoms with E-state index in [-0.39, 0.29) is 25.2 Å². The number of hydrogen-bond donors (Lipinski definition) is 2. The van der Waals surface area contributed by atoms with Crippen molar-refractivity contribution in [1.29, 1.82) is 0 Å². The van der Waals surface area contributed by atoms with Crippen LogP contribution in [-0.4, -0.2) is 59.9 Å². The molecule has 0 saturated heterocycles. The van der Waals surface area contributed by atoms with Gasteiger partial charge in [-0.15, -0.1) is 0 Å². The van der Waals surface area contributed by atoms with Crippen molar-refractivity contribution < 1.29 is 24.5 Å². The van der Waals surface area contributed by atoms with Crippen LogP contribution in [0.2, 0.25) is 0 Å². The Bertz CT molecular complexity index is 666. The number of carbonyl (C=O) groups excluding carboxylic acids is 1. The lowest BCUT2D eigenvalue weighted by Crippen LogP contribution is -2.29. The van der Waals surface area contributed by atoms with Crippen LogP contribution < -0.4 is 0 Å². The van der Waals surface area contributed by atoms with Gasteiger partial charge in [-0.2, -0.15) is 0 Å². The van der Waals surface area contributed by atoms with Crippen LogP contribution in [0.1, 0.15) is 246 Å². The number of carboxylic acid groups (broad SMARTS) is 1. The van der Waals surface area contributed by atoms with Crippen LogP contribution in [0.3, 0.4) is 0 Å². The average Bonchev–Trinajstić information content (AvgIpc) is 3.14. The lowest BCUT2D eigenvalue weighted by Gasteiger charge is -2.21. The molecular formula is C46H93NO5. The Morgan fingerprint density at radius 1 is 0.500 bits per heavy atom. The van der Waals surface area contributed by atoms with Crippen LogP contribution in [0, 0.1) is 5.92 Å². The van der Waals surface area contributed by atoms with E-state index < -0.39 is 0 Å². The van der Waals surface area contributed by atoms with Crippen LogP contribution in [0.5, 0.6) is 0 Å². The summed E-state index contributed by atoms with van der Waals surface area (Å²) >= 11 is 0. The SMILES string of the molecule is CCCCCCCCC(CCCCCCCC)OC(=O)CCCCCCCN(CCO)CCCCCCCCCC(CCCC)CCCC.O=CO. The minimum Gasteiger partial charge on any atom is -0.483 e. The van der Waals surface area contributed by atoms with E-state index in [0.29, 0.717) is 6.42 Å². The minimum atomic E-state index is -0.250. The van der Waals surface area contributed by atoms with Crippen molar-refractivity contribution in [3.63, 3.8) is 0 Å². The van der Waals surface area contributed by atoms with Crippen LogP contribution in [0.25, 0.3) is 0 Å². The minimum absolute atomic E-state index is 0.0366. The third-order valence-corrected chi connectivity index (χ3v) is 10.8. The molecule has 0 spiro atoms. The standard InChI is InChI=1S/C45H91NO3.CH2O2/c1-5-9-13-15-22-28-36-44(37-29-23-16-14-10-6-2)49-45(48)38-30-24-20-26-32-40-46(41-42-47)39-31-25-19-17-18-21-27-35-43(33-11-7-3)34-12-8-4;2-1-3/h43-44,47H,5-42H2,1-4H3;1H,(H,2,3). The molecule has 0 saturated carbocycles. The molecule has 0 fully saturated rings. The van der Waals surface area contributed by atoms with E-state index in [1.165, 1.54) is 186 Å². The normalized spacial score (nSPS) is 11.4. The molecule has 0 bridgehead atoms. The molecule has 0 atom stereocenters. The average molecular weight is 740 g/mol. The van der Waals surface area contributed by atoms with Gasteiger partial charge >= 0.3 is 5.97 Å². The maximum absolute atomic E-state index is 12.7. The molecule has 6 heteroatoms. The summed E-state index contributed by atoms with van der Waals surface area (Å²) in [6.07, 6.45) is 43.5. The number of nitrogens with zero attached hydrogens (tertiary/aromatic N) is 1. The molecule has 2 N–H and O–H groups in total. The third kappa shape index (κ3) is 41.6. The molecule has 0 aliphatic rings. The highest BCUT2D eigenvalue weighted by molar-refractivity contribution is 5.69. The number of rotatable bonds is 41. The zero-order chi connectivity index (χ0) is 38.6. The largest absolute Gasteiger partial charge is 0.483 e. The molecule has 0 aromatic carbocycles. The summed E-state index contributed by atoms with van der Waals surface area (Å²) in [5.74, 6) is 1.02. The Morgan fingerprint density at radius 3 is 1.27 bits per heavy atom. The lowest BCUT2D eigenvalue weighted by molar-refractivity contribution is -0.150. The van der Waals surface area contributed by atoms with Crippen molar-refractivity contribution in [2.24, 2.45) is 5.92 Å². The summed E-state index contributed by atoms with van der Waals surface area (Å²) in [7, 11) is 0. The second kappa shape index (κ2) is 46.0. The quantitative estimate of drug-likeness (QED) is 0.0369. The Balaban J connectivity index is 0. The van der Waals surface area contributed by atoms with Gasteiger partial charge in [-0.3, -0.25) is 9.59 Å². The molecule has 0 radical (unpaired) electrons. The van der Waals surface area contributed by atoms with E-state index in [4.69, 9.17) is 14.6 Å². The Labute approximate surface area is 325 Å². The van der Waals surface area contributed by atoms with Gasteiger partial charge in [0.2, 0.25) is 0 Å². The van der Waals surface area contributed by atoms with Gasteiger partial charge in [0.15, 0.2) is 0 Å². The van der Waals surface area contributed by atoms with E-state index >= 15 is 0 Å². The number of aliphatic hydroxyl groups is 1. The highest BCUT2D eigenvalue weighted by atomic mass is 16.5. The van der Waals surface area contributed by atoms with Crippen molar-refractivity contribution in [3.05, 3.63) is 0 Å². The zero-order valence-corrected chi connectivity index (χ0v) is 35.7. The van der Waals surface area contributed by atoms with Crippen LogP contribution >= 0.6 is 0 Å². The van der Waals surface area contributed by atoms with Crippen molar-refractivity contribution in [1.82, 2.24) is 4.90 Å². The number of unbranched alkanes of at least 4 members (excludes halogenated alkanes) is 22. The van der Waals surface area contributed by atoms with Crippen molar-refractivity contribution in [3.8, 4) is 0 Å². The molecule has 0 aromatic rings. The third-order valence-electron chi connectivity index (χ3n) is 10.8. The second-order valence-electron chi connectivity index (χ2n) is 15.8. The molecule has 0 unspecified atom stereocenters. The molecule has 6 nitrogen and oxygen atoms in total. The second-order valence-corrected chi connectivity index (χ2v) is 15.8. The highest BCUT2D eigenvalue weighted by Gasteiger charge is 2.14. The maximum atomic E-state index is 12.7. The smallest absolute Gasteiger partial charge is 0.306 e. The first-order chi connectivity index (χ1) is 25.5. The summed E-state index contributed by atoms with van der Waals surface area (Å²) in [5, 5.41) is 16.5. The van der Waals surface area contributed by atoms with Gasteiger partial charge in [-0.25, -0.2) is 0 Å². The molecular weight excluding hydrogens is 647 g/mol. The summed E-state index contributed by atoms with van der Waals surface area (Å²) in [6, 6.07) is 0. The maximum Gasteiger partial charge on any atom is 0.306 e. The predicted octanol–water partition coefficient (Wildman–Crippen LogP) is 13.9. The Morgan fingerprint density at radius 2 is 0.846 bits per heavy atom. The van der Waals surface area contributed by atoms with Gasteiger partial charge in [-0.1, -0.05) is 195 Å². The van der Waals surface area contributed by atoms with Crippen LogP contribution in [-0.2, 0) is 14.3 Å². The summed E-state index contributed by atoms with van der Waals surface area (Å²) in [6.45, 7) is 12.2. The van der Waals surface area contributed by atoms with E-state index in [9.17, 15) is 9.90 Å². The Kier molecular flexibility index (Phi) is 46.9. The molecule has 0 aliphatic carbocycles. The lowest BCUT2D eigenvalue weighted by atomic mass is 9.90. The fourth-order valence-electron chi connectivity index (χ4n) is 7.49. The molecule has 0 aliphatic heterocycles. The van der Waals surface area contributed by atoms with Crippen molar-refractivity contribution in [2.45, 2.75) is 252 Å². The first-order valence-electron chi connectivity index (χ1n) is 23.1. The zero-order valence-electron chi connectivity index (χ0n) is 35.7. The van der Waals surface area contributed by atoms with Gasteiger partial charge < -0.3 is 19.8 Å². The number of carbonyl (C=O) groups is 2. The van der Waals surface area contributed by atoms with Gasteiger partial charge in [0.1, 0.15) is 6.10 Å². The number of esters is 1. The van der Waals surface area contributed by atoms with Gasteiger partial charge in [-0.05, 0) is 64.0 Å². The molecule has 0 aromatic heterocycles. The summed E-state index contributed by atoms with van der Waals surface area (Å²) in [5.41, 5.74) is 0. The molecule has 52 heavy (non-hydrogen) atoms. The monoisotopic (exact) mass is 740 g/mol. The van der Waals surface area contributed by atoms with E-state index in [2.05, 4.69) is 32.6 Å². The molecule has 0 amide bonds. The van der Waals surface area contributed by atoms with Gasteiger partial charge in [0, 0.05) is 13.0 Å². The molecule has 0 heterocycles. The highest BCUT2D eigenvalue weighted by Crippen LogP contribution is 2.23. The van der Waals surface area contributed by atoms with E-state index in [1.807, 2.05) is 0 Å². The van der Waals surface area contributed by atoms with Gasteiger partial charge in [0.25, 0.3) is 6.47 Å². The first kappa shape index (κ1) is 53.0. The first-order valence-corrected chi connectivity index (χ1v) is 23.1. The fraction of sp³-hybridized carbons (Fsp3) is 0.957. The molecule has 312 valence electrons. The predicted molar refractivity (Wildman–Crippen MR) is 225 cm³/mol. The summed E-state index contributed by atoms with van der Waals surface area (Å²) < 4.78 is 6.03. The number of ether oxygens (including phenoxy) is 1.